The van der Waals surface area contributed by atoms with E-state index in [1.54, 1.807) is 19.2 Å². The zero-order chi connectivity index (χ0) is 17.4. The van der Waals surface area contributed by atoms with Gasteiger partial charge in [-0.25, -0.2) is 4.79 Å². The van der Waals surface area contributed by atoms with Crippen molar-refractivity contribution in [3.05, 3.63) is 59.7 Å². The second-order valence-electron chi connectivity index (χ2n) is 5.04. The normalized spacial score (nSPS) is 10.0. The first-order chi connectivity index (χ1) is 11.6. The van der Waals surface area contributed by atoms with E-state index >= 15 is 0 Å². The van der Waals surface area contributed by atoms with Crippen molar-refractivity contribution in [3.8, 4) is 11.5 Å². The van der Waals surface area contributed by atoms with Crippen molar-refractivity contribution in [3.63, 3.8) is 0 Å². The Balaban J connectivity index is 1.76. The summed E-state index contributed by atoms with van der Waals surface area (Å²) >= 11 is 0. The first-order valence-corrected chi connectivity index (χ1v) is 7.45. The number of carboxylic acids is 1. The Labute approximate surface area is 140 Å². The summed E-state index contributed by atoms with van der Waals surface area (Å²) in [6, 6.07) is 13.8. The fraction of sp³-hybridized carbons (Fsp3) is 0.222. The van der Waals surface area contributed by atoms with Crippen LogP contribution in [0.5, 0.6) is 11.5 Å². The van der Waals surface area contributed by atoms with E-state index in [4.69, 9.17) is 14.6 Å². The molecule has 1 amide bonds. The molecule has 0 aromatic heterocycles. The Bertz CT molecular complexity index is 697. The summed E-state index contributed by atoms with van der Waals surface area (Å²) in [6.07, 6.45) is 0.682. The van der Waals surface area contributed by atoms with Crippen LogP contribution in [-0.2, 0) is 11.2 Å². The zero-order valence-electron chi connectivity index (χ0n) is 13.3. The molecule has 2 rings (SSSR count). The van der Waals surface area contributed by atoms with E-state index in [2.05, 4.69) is 5.32 Å². The molecular weight excluding hydrogens is 310 g/mol. The molecule has 0 atom stereocenters. The quantitative estimate of drug-likeness (QED) is 0.775. The average Bonchev–Trinajstić information content (AvgIpc) is 2.60. The lowest BCUT2D eigenvalue weighted by atomic mass is 10.1. The minimum Gasteiger partial charge on any atom is -0.497 e. The lowest BCUT2D eigenvalue weighted by Gasteiger charge is -2.09. The molecule has 0 fully saturated rings. The number of aromatic carboxylic acids is 1. The predicted molar refractivity (Wildman–Crippen MR) is 88.6 cm³/mol. The first kappa shape index (κ1) is 17.3. The smallest absolute Gasteiger partial charge is 0.339 e. The van der Waals surface area contributed by atoms with E-state index < -0.39 is 5.97 Å². The molecule has 0 spiro atoms. The number of carbonyl (C=O) groups is 2. The van der Waals surface area contributed by atoms with Gasteiger partial charge in [-0.3, -0.25) is 4.79 Å². The van der Waals surface area contributed by atoms with Crippen LogP contribution in [-0.4, -0.2) is 37.2 Å². The fourth-order valence-electron chi connectivity index (χ4n) is 2.10. The molecule has 2 aromatic carbocycles. The Kier molecular flexibility index (Phi) is 6.19. The maximum absolute atomic E-state index is 11.8. The monoisotopic (exact) mass is 329 g/mol. The van der Waals surface area contributed by atoms with Gasteiger partial charge in [0, 0.05) is 6.54 Å². The van der Waals surface area contributed by atoms with Gasteiger partial charge in [0.25, 0.3) is 5.91 Å². The Morgan fingerprint density at radius 1 is 1.08 bits per heavy atom. The Morgan fingerprint density at radius 2 is 1.79 bits per heavy atom. The maximum Gasteiger partial charge on any atom is 0.339 e. The number of rotatable bonds is 8. The van der Waals surface area contributed by atoms with E-state index in [0.717, 1.165) is 11.3 Å². The minimum atomic E-state index is -1.09. The molecule has 0 aliphatic carbocycles. The molecule has 0 aliphatic heterocycles. The van der Waals surface area contributed by atoms with E-state index in [1.165, 1.54) is 12.1 Å². The third-order valence-electron chi connectivity index (χ3n) is 3.37. The van der Waals surface area contributed by atoms with Crippen LogP contribution in [0.1, 0.15) is 15.9 Å². The van der Waals surface area contributed by atoms with Gasteiger partial charge in [-0.15, -0.1) is 0 Å². The second kappa shape index (κ2) is 8.57. The molecule has 126 valence electrons. The van der Waals surface area contributed by atoms with Crippen LogP contribution in [0.3, 0.4) is 0 Å². The third kappa shape index (κ3) is 5.01. The molecule has 6 nitrogen and oxygen atoms in total. The highest BCUT2D eigenvalue weighted by molar-refractivity contribution is 5.91. The minimum absolute atomic E-state index is 0.0310. The summed E-state index contributed by atoms with van der Waals surface area (Å²) in [6.45, 7) is 0.238. The Hall–Kier alpha value is -3.02. The molecule has 0 radical (unpaired) electrons. The molecule has 0 saturated carbocycles. The summed E-state index contributed by atoms with van der Waals surface area (Å²) < 4.78 is 10.4. The summed E-state index contributed by atoms with van der Waals surface area (Å²) in [7, 11) is 1.61. The number of methoxy groups -OCH3 is 1. The van der Waals surface area contributed by atoms with Gasteiger partial charge in [0.2, 0.25) is 0 Å². The van der Waals surface area contributed by atoms with Crippen molar-refractivity contribution in [2.45, 2.75) is 6.42 Å². The molecule has 2 aromatic rings. The number of hydrogen-bond donors (Lipinski definition) is 2. The SMILES string of the molecule is COc1ccc(CCNC(=O)COc2ccccc2C(=O)O)cc1. The predicted octanol–water partition coefficient (Wildman–Crippen LogP) is 2.13. The molecule has 2 N–H and O–H groups in total. The number of carboxylic acid groups (broad SMARTS) is 1. The standard InChI is InChI=1S/C18H19NO5/c1-23-14-8-6-13(7-9-14)10-11-19-17(20)12-24-16-5-3-2-4-15(16)18(21)22/h2-9H,10-12H2,1H3,(H,19,20)(H,21,22). The number of carbonyl (C=O) groups excluding carboxylic acids is 1. The molecule has 6 heteroatoms. The molecule has 0 heterocycles. The number of ether oxygens (including phenoxy) is 2. The van der Waals surface area contributed by atoms with Crippen LogP contribution in [0, 0.1) is 0 Å². The lowest BCUT2D eigenvalue weighted by Crippen LogP contribution is -2.30. The van der Waals surface area contributed by atoms with Gasteiger partial charge in [0.05, 0.1) is 7.11 Å². The summed E-state index contributed by atoms with van der Waals surface area (Å²) in [5, 5.41) is 11.8. The first-order valence-electron chi connectivity index (χ1n) is 7.45. The number of amides is 1. The highest BCUT2D eigenvalue weighted by atomic mass is 16.5. The van der Waals surface area contributed by atoms with Crippen LogP contribution in [0.4, 0.5) is 0 Å². The van der Waals surface area contributed by atoms with Crippen LogP contribution in [0.2, 0.25) is 0 Å². The summed E-state index contributed by atoms with van der Waals surface area (Å²) in [4.78, 5) is 22.8. The van der Waals surface area contributed by atoms with Crippen LogP contribution in [0.25, 0.3) is 0 Å². The highest BCUT2D eigenvalue weighted by Gasteiger charge is 2.11. The van der Waals surface area contributed by atoms with E-state index in [-0.39, 0.29) is 23.8 Å². The van der Waals surface area contributed by atoms with E-state index in [9.17, 15) is 9.59 Å². The number of hydrogen-bond acceptors (Lipinski definition) is 4. The average molecular weight is 329 g/mol. The molecule has 0 bridgehead atoms. The number of para-hydroxylation sites is 1. The molecule has 0 unspecified atom stereocenters. The summed E-state index contributed by atoms with van der Waals surface area (Å²) in [5.41, 5.74) is 1.11. The van der Waals surface area contributed by atoms with Crippen molar-refractivity contribution in [1.29, 1.82) is 0 Å². The molecule has 0 saturated heterocycles. The number of nitrogens with one attached hydrogen (secondary N) is 1. The van der Waals surface area contributed by atoms with Gasteiger partial charge in [0.1, 0.15) is 17.1 Å². The van der Waals surface area contributed by atoms with Gasteiger partial charge in [-0.2, -0.15) is 0 Å². The van der Waals surface area contributed by atoms with Crippen LogP contribution >= 0.6 is 0 Å². The van der Waals surface area contributed by atoms with Gasteiger partial charge in [0.15, 0.2) is 6.61 Å². The largest absolute Gasteiger partial charge is 0.497 e. The molecule has 0 aliphatic rings. The highest BCUT2D eigenvalue weighted by Crippen LogP contribution is 2.17. The molecule has 24 heavy (non-hydrogen) atoms. The Morgan fingerprint density at radius 3 is 2.46 bits per heavy atom. The van der Waals surface area contributed by atoms with E-state index in [1.807, 2.05) is 24.3 Å². The van der Waals surface area contributed by atoms with Crippen molar-refractivity contribution < 1.29 is 24.2 Å². The van der Waals surface area contributed by atoms with Crippen LogP contribution < -0.4 is 14.8 Å². The van der Waals surface area contributed by atoms with Crippen molar-refractivity contribution >= 4 is 11.9 Å². The zero-order valence-corrected chi connectivity index (χ0v) is 13.3. The van der Waals surface area contributed by atoms with Gasteiger partial charge in [-0.1, -0.05) is 24.3 Å². The lowest BCUT2D eigenvalue weighted by molar-refractivity contribution is -0.123. The molecular formula is C18H19NO5. The fourth-order valence-corrected chi connectivity index (χ4v) is 2.10. The van der Waals surface area contributed by atoms with Gasteiger partial charge in [-0.05, 0) is 36.2 Å². The number of benzene rings is 2. The third-order valence-corrected chi connectivity index (χ3v) is 3.37. The van der Waals surface area contributed by atoms with Gasteiger partial charge < -0.3 is 19.9 Å². The summed E-state index contributed by atoms with van der Waals surface area (Å²) in [5.74, 6) is -0.433. The maximum atomic E-state index is 11.8. The van der Waals surface area contributed by atoms with Gasteiger partial charge >= 0.3 is 5.97 Å². The van der Waals surface area contributed by atoms with Crippen molar-refractivity contribution in [2.24, 2.45) is 0 Å². The van der Waals surface area contributed by atoms with Crippen molar-refractivity contribution in [2.75, 3.05) is 20.3 Å². The van der Waals surface area contributed by atoms with Crippen LogP contribution in [0.15, 0.2) is 48.5 Å². The van der Waals surface area contributed by atoms with E-state index in [0.29, 0.717) is 13.0 Å². The van der Waals surface area contributed by atoms with Crippen molar-refractivity contribution in [1.82, 2.24) is 5.32 Å². The topological polar surface area (TPSA) is 84.9 Å². The second-order valence-corrected chi connectivity index (χ2v) is 5.04.